The normalized spacial score (nSPS) is 10.1. The third-order valence-corrected chi connectivity index (χ3v) is 2.88. The highest BCUT2D eigenvalue weighted by Gasteiger charge is 2.16. The number of para-hydroxylation sites is 1. The van der Waals surface area contributed by atoms with Crippen LogP contribution >= 0.6 is 15.9 Å². The molecule has 0 aliphatic rings. The molecule has 1 aromatic carbocycles. The number of halogens is 1. The van der Waals surface area contributed by atoms with Crippen molar-refractivity contribution in [3.63, 3.8) is 0 Å². The van der Waals surface area contributed by atoms with E-state index < -0.39 is 12.0 Å². The summed E-state index contributed by atoms with van der Waals surface area (Å²) in [6.07, 6.45) is 0. The molecule has 0 bridgehead atoms. The van der Waals surface area contributed by atoms with E-state index in [0.29, 0.717) is 4.47 Å². The molecule has 0 aliphatic carbocycles. The predicted octanol–water partition coefficient (Wildman–Crippen LogP) is 1.31. The second-order valence-electron chi connectivity index (χ2n) is 3.65. The molecule has 0 saturated heterocycles. The van der Waals surface area contributed by atoms with Crippen LogP contribution in [0, 0.1) is 0 Å². The van der Waals surface area contributed by atoms with Crippen LogP contribution in [0.2, 0.25) is 0 Å². The van der Waals surface area contributed by atoms with Gasteiger partial charge in [-0.25, -0.2) is 9.59 Å². The van der Waals surface area contributed by atoms with Gasteiger partial charge in [-0.05, 0) is 33.3 Å². The average Bonchev–Trinajstić information content (AvgIpc) is 2.77. The van der Waals surface area contributed by atoms with Crippen LogP contribution < -0.4 is 10.6 Å². The summed E-state index contributed by atoms with van der Waals surface area (Å²) in [5, 5.41) is 24.7. The highest BCUT2D eigenvalue weighted by Crippen LogP contribution is 2.26. The van der Waals surface area contributed by atoms with Crippen LogP contribution in [-0.2, 0) is 7.05 Å². The van der Waals surface area contributed by atoms with Crippen LogP contribution in [0.5, 0.6) is 0 Å². The number of aryl methyl sites for hydroxylation is 1. The fourth-order valence-corrected chi connectivity index (χ4v) is 1.88. The number of amides is 2. The maximum atomic E-state index is 11.8. The van der Waals surface area contributed by atoms with Gasteiger partial charge >= 0.3 is 12.0 Å². The fraction of sp³-hybridized carbons (Fsp3) is 0.100. The number of rotatable bonds is 3. The van der Waals surface area contributed by atoms with Crippen molar-refractivity contribution >= 4 is 39.6 Å². The van der Waals surface area contributed by atoms with Crippen molar-refractivity contribution in [2.45, 2.75) is 0 Å². The zero-order valence-electron chi connectivity index (χ0n) is 10.2. The largest absolute Gasteiger partial charge is 0.478 e. The molecule has 3 N–H and O–H groups in total. The third-order valence-electron chi connectivity index (χ3n) is 2.22. The molecule has 0 unspecified atom stereocenters. The first-order valence-electron chi connectivity index (χ1n) is 5.31. The summed E-state index contributed by atoms with van der Waals surface area (Å²) < 4.78 is 0.444. The summed E-state index contributed by atoms with van der Waals surface area (Å²) in [4.78, 5) is 24.0. The maximum absolute atomic E-state index is 11.8. The van der Waals surface area contributed by atoms with Crippen LogP contribution in [0.1, 0.15) is 10.4 Å². The first-order valence-corrected chi connectivity index (χ1v) is 6.10. The van der Waals surface area contributed by atoms with Gasteiger partial charge < -0.3 is 10.4 Å². The van der Waals surface area contributed by atoms with E-state index in [9.17, 15) is 9.59 Å². The molecular weight excluding hydrogens is 332 g/mol. The number of aromatic nitrogens is 4. The van der Waals surface area contributed by atoms with Crippen molar-refractivity contribution in [1.82, 2.24) is 20.2 Å². The number of tetrazole rings is 1. The number of carbonyl (C=O) groups is 2. The maximum Gasteiger partial charge on any atom is 0.337 e. The van der Waals surface area contributed by atoms with E-state index in [4.69, 9.17) is 5.11 Å². The van der Waals surface area contributed by atoms with Crippen molar-refractivity contribution in [3.8, 4) is 0 Å². The van der Waals surface area contributed by atoms with Gasteiger partial charge in [-0.3, -0.25) is 5.32 Å². The lowest BCUT2D eigenvalue weighted by Crippen LogP contribution is -2.22. The van der Waals surface area contributed by atoms with Gasteiger partial charge in [0.25, 0.3) is 5.95 Å². The molecule has 0 radical (unpaired) electrons. The quantitative estimate of drug-likeness (QED) is 0.774. The molecule has 10 heteroatoms. The Kier molecular flexibility index (Phi) is 3.94. The van der Waals surface area contributed by atoms with Gasteiger partial charge in [-0.2, -0.15) is 4.80 Å². The van der Waals surface area contributed by atoms with E-state index in [-0.39, 0.29) is 17.2 Å². The van der Waals surface area contributed by atoms with E-state index in [0.717, 1.165) is 0 Å². The van der Waals surface area contributed by atoms with E-state index in [1.807, 2.05) is 0 Å². The Bertz CT molecular complexity index is 671. The van der Waals surface area contributed by atoms with Crippen molar-refractivity contribution in [3.05, 3.63) is 28.2 Å². The van der Waals surface area contributed by atoms with Gasteiger partial charge in [0.15, 0.2) is 0 Å². The van der Waals surface area contributed by atoms with Crippen molar-refractivity contribution in [2.24, 2.45) is 7.05 Å². The molecule has 9 nitrogen and oxygen atoms in total. The van der Waals surface area contributed by atoms with Crippen molar-refractivity contribution in [1.29, 1.82) is 0 Å². The Balaban J connectivity index is 2.17. The zero-order valence-corrected chi connectivity index (χ0v) is 11.7. The van der Waals surface area contributed by atoms with Gasteiger partial charge in [0.05, 0.1) is 18.3 Å². The summed E-state index contributed by atoms with van der Waals surface area (Å²) in [6.45, 7) is 0. The predicted molar refractivity (Wildman–Crippen MR) is 72.5 cm³/mol. The number of hydrogen-bond acceptors (Lipinski definition) is 5. The standard InChI is InChI=1S/C10H9BrN6O3/c1-17-15-9(14-16-17)13-10(20)12-7-5(8(18)19)3-2-4-6(7)11/h2-4H,1H3,(H,18,19)(H2,12,13,15,20). The zero-order chi connectivity index (χ0) is 14.7. The Labute approximate surface area is 121 Å². The van der Waals surface area contributed by atoms with Crippen LogP contribution in [0.25, 0.3) is 0 Å². The number of hydrogen-bond donors (Lipinski definition) is 3. The summed E-state index contributed by atoms with van der Waals surface area (Å²) in [7, 11) is 1.55. The number of anilines is 2. The number of aromatic carboxylic acids is 1. The molecule has 1 aromatic heterocycles. The van der Waals surface area contributed by atoms with Crippen LogP contribution in [0.15, 0.2) is 22.7 Å². The second-order valence-corrected chi connectivity index (χ2v) is 4.50. The minimum atomic E-state index is -1.15. The molecule has 0 saturated carbocycles. The van der Waals surface area contributed by atoms with Crippen LogP contribution in [0.4, 0.5) is 16.4 Å². The number of benzene rings is 1. The van der Waals surface area contributed by atoms with Gasteiger partial charge in [-0.15, -0.1) is 5.10 Å². The first-order chi connectivity index (χ1) is 9.47. The molecule has 2 rings (SSSR count). The lowest BCUT2D eigenvalue weighted by atomic mass is 10.2. The number of urea groups is 1. The average molecular weight is 341 g/mol. The van der Waals surface area contributed by atoms with Gasteiger partial charge in [0.2, 0.25) is 0 Å². The molecule has 104 valence electrons. The number of nitrogens with one attached hydrogen (secondary N) is 2. The fourth-order valence-electron chi connectivity index (χ4n) is 1.41. The third kappa shape index (κ3) is 3.09. The number of carbonyl (C=O) groups excluding carboxylic acids is 1. The molecule has 2 aromatic rings. The number of nitrogens with zero attached hydrogens (tertiary/aromatic N) is 4. The number of carboxylic acid groups (broad SMARTS) is 1. The Morgan fingerprint density at radius 1 is 1.35 bits per heavy atom. The Hall–Kier alpha value is -2.49. The highest BCUT2D eigenvalue weighted by molar-refractivity contribution is 9.10. The van der Waals surface area contributed by atoms with E-state index in [1.165, 1.54) is 10.9 Å². The van der Waals surface area contributed by atoms with Crippen molar-refractivity contribution in [2.75, 3.05) is 10.6 Å². The molecule has 0 atom stereocenters. The second kappa shape index (κ2) is 5.65. The number of carboxylic acids is 1. The monoisotopic (exact) mass is 340 g/mol. The van der Waals surface area contributed by atoms with Gasteiger partial charge in [0.1, 0.15) is 0 Å². The van der Waals surface area contributed by atoms with E-state index >= 15 is 0 Å². The molecule has 2 amide bonds. The lowest BCUT2D eigenvalue weighted by Gasteiger charge is -2.10. The smallest absolute Gasteiger partial charge is 0.337 e. The molecule has 0 aliphatic heterocycles. The summed E-state index contributed by atoms with van der Waals surface area (Å²) in [5.74, 6) is -1.15. The molecule has 0 fully saturated rings. The van der Waals surface area contributed by atoms with E-state index in [1.54, 1.807) is 19.2 Å². The van der Waals surface area contributed by atoms with Crippen LogP contribution in [-0.4, -0.2) is 37.3 Å². The molecule has 20 heavy (non-hydrogen) atoms. The molecule has 0 spiro atoms. The van der Waals surface area contributed by atoms with Gasteiger partial charge in [0, 0.05) is 4.47 Å². The summed E-state index contributed by atoms with van der Waals surface area (Å²) in [6, 6.07) is 3.87. The molecular formula is C10H9BrN6O3. The summed E-state index contributed by atoms with van der Waals surface area (Å²) >= 11 is 3.18. The van der Waals surface area contributed by atoms with Crippen molar-refractivity contribution < 1.29 is 14.7 Å². The minimum absolute atomic E-state index is 0.00827. The minimum Gasteiger partial charge on any atom is -0.478 e. The van der Waals surface area contributed by atoms with E-state index in [2.05, 4.69) is 42.0 Å². The Morgan fingerprint density at radius 3 is 2.70 bits per heavy atom. The first kappa shape index (κ1) is 13.9. The highest BCUT2D eigenvalue weighted by atomic mass is 79.9. The van der Waals surface area contributed by atoms with Crippen LogP contribution in [0.3, 0.4) is 0 Å². The van der Waals surface area contributed by atoms with Gasteiger partial charge in [-0.1, -0.05) is 11.2 Å². The SMILES string of the molecule is Cn1nnc(NC(=O)Nc2c(Br)cccc2C(=O)O)n1. The summed E-state index contributed by atoms with van der Waals surface area (Å²) in [5.41, 5.74) is 0.100. The topological polar surface area (TPSA) is 122 Å². The Morgan fingerprint density at radius 2 is 2.10 bits per heavy atom. The lowest BCUT2D eigenvalue weighted by molar-refractivity contribution is 0.0698. The molecule has 1 heterocycles.